The Morgan fingerprint density at radius 2 is 1.81 bits per heavy atom. The lowest BCUT2D eigenvalue weighted by Gasteiger charge is -2.31. The summed E-state index contributed by atoms with van der Waals surface area (Å²) in [6.07, 6.45) is 0. The fourth-order valence-electron chi connectivity index (χ4n) is 4.08. The Morgan fingerprint density at radius 3 is 2.61 bits per heavy atom. The van der Waals surface area contributed by atoms with Gasteiger partial charge in [-0.1, -0.05) is 29.8 Å². The third-order valence-electron chi connectivity index (χ3n) is 5.58. The number of benzene rings is 3. The molecule has 3 aromatic carbocycles. The van der Waals surface area contributed by atoms with Gasteiger partial charge in [-0.2, -0.15) is 0 Å². The van der Waals surface area contributed by atoms with Crippen LogP contribution in [-0.4, -0.2) is 32.1 Å². The van der Waals surface area contributed by atoms with Crippen molar-refractivity contribution >= 4 is 28.9 Å². The first kappa shape index (κ1) is 19.8. The summed E-state index contributed by atoms with van der Waals surface area (Å²) >= 11 is 6.15. The van der Waals surface area contributed by atoms with E-state index in [-0.39, 0.29) is 12.5 Å². The average molecular weight is 438 g/mol. The summed E-state index contributed by atoms with van der Waals surface area (Å²) in [6.45, 7) is 3.60. The maximum Gasteiger partial charge on any atom is 0.262 e. The molecule has 7 heteroatoms. The molecule has 158 valence electrons. The highest BCUT2D eigenvalue weighted by Gasteiger charge is 2.31. The van der Waals surface area contributed by atoms with Crippen molar-refractivity contribution in [1.82, 2.24) is 5.32 Å². The number of para-hydroxylation sites is 1. The number of rotatable bonds is 3. The Kier molecular flexibility index (Phi) is 5.26. The topological polar surface area (TPSA) is 44.8 Å². The number of hydrogen-bond acceptors (Lipinski definition) is 4. The lowest BCUT2D eigenvalue weighted by atomic mass is 10.1. The molecule has 5 rings (SSSR count). The Morgan fingerprint density at radius 1 is 1.00 bits per heavy atom. The average Bonchev–Trinajstić information content (AvgIpc) is 2.89. The van der Waals surface area contributed by atoms with E-state index in [1.54, 1.807) is 29.2 Å². The lowest BCUT2D eigenvalue weighted by molar-refractivity contribution is 0.0985. The van der Waals surface area contributed by atoms with E-state index < -0.39 is 5.82 Å². The Bertz CT molecular complexity index is 1150. The van der Waals surface area contributed by atoms with Crippen LogP contribution in [0.25, 0.3) is 0 Å². The van der Waals surface area contributed by atoms with Crippen LogP contribution < -0.4 is 19.9 Å². The molecule has 2 aliphatic rings. The second-order valence-corrected chi connectivity index (χ2v) is 8.06. The molecule has 0 bridgehead atoms. The van der Waals surface area contributed by atoms with Crippen LogP contribution >= 0.6 is 11.6 Å². The predicted molar refractivity (Wildman–Crippen MR) is 120 cm³/mol. The molecular formula is C24H21ClFN3O2. The highest BCUT2D eigenvalue weighted by atomic mass is 35.5. The van der Waals surface area contributed by atoms with Crippen molar-refractivity contribution in [2.24, 2.45) is 0 Å². The van der Waals surface area contributed by atoms with Crippen LogP contribution in [-0.2, 0) is 6.54 Å². The molecule has 1 fully saturated rings. The van der Waals surface area contributed by atoms with Crippen LogP contribution in [0.2, 0.25) is 5.02 Å². The Labute approximate surface area is 185 Å². The van der Waals surface area contributed by atoms with Crippen molar-refractivity contribution in [2.75, 3.05) is 36.0 Å². The van der Waals surface area contributed by atoms with Crippen molar-refractivity contribution in [2.45, 2.75) is 6.54 Å². The second kappa shape index (κ2) is 8.21. The largest absolute Gasteiger partial charge is 0.452 e. The van der Waals surface area contributed by atoms with Gasteiger partial charge in [-0.05, 0) is 42.0 Å². The quantitative estimate of drug-likeness (QED) is 0.636. The summed E-state index contributed by atoms with van der Waals surface area (Å²) in [7, 11) is 0. The number of anilines is 2. The molecule has 31 heavy (non-hydrogen) atoms. The summed E-state index contributed by atoms with van der Waals surface area (Å²) in [4.78, 5) is 17.5. The zero-order valence-corrected chi connectivity index (χ0v) is 17.5. The second-order valence-electron chi connectivity index (χ2n) is 7.63. The van der Waals surface area contributed by atoms with E-state index >= 15 is 0 Å². The van der Waals surface area contributed by atoms with E-state index in [4.69, 9.17) is 16.3 Å². The van der Waals surface area contributed by atoms with Gasteiger partial charge in [-0.3, -0.25) is 4.79 Å². The lowest BCUT2D eigenvalue weighted by Crippen LogP contribution is -2.43. The van der Waals surface area contributed by atoms with Gasteiger partial charge in [0.15, 0.2) is 11.5 Å². The van der Waals surface area contributed by atoms with E-state index in [1.165, 1.54) is 12.1 Å². The maximum absolute atomic E-state index is 14.2. The molecule has 0 aliphatic carbocycles. The molecule has 0 aromatic heterocycles. The fraction of sp³-hybridized carbons (Fsp3) is 0.208. The number of carbonyl (C=O) groups excluding carboxylic acids is 1. The molecule has 1 N–H and O–H groups in total. The molecule has 2 aliphatic heterocycles. The molecule has 2 heterocycles. The summed E-state index contributed by atoms with van der Waals surface area (Å²) < 4.78 is 20.5. The Balaban J connectivity index is 1.63. The molecule has 1 amide bonds. The van der Waals surface area contributed by atoms with Crippen molar-refractivity contribution in [3.8, 4) is 11.5 Å². The molecule has 0 unspecified atom stereocenters. The van der Waals surface area contributed by atoms with Crippen LogP contribution in [0.15, 0.2) is 60.7 Å². The summed E-state index contributed by atoms with van der Waals surface area (Å²) in [5.74, 6) is 0.282. The predicted octanol–water partition coefficient (Wildman–Crippen LogP) is 4.84. The van der Waals surface area contributed by atoms with Gasteiger partial charge >= 0.3 is 0 Å². The monoisotopic (exact) mass is 437 g/mol. The number of ether oxygens (including phenoxy) is 1. The zero-order chi connectivity index (χ0) is 21.4. The number of halogens is 2. The van der Waals surface area contributed by atoms with Gasteiger partial charge in [-0.25, -0.2) is 4.39 Å². The van der Waals surface area contributed by atoms with E-state index in [0.29, 0.717) is 27.8 Å². The summed E-state index contributed by atoms with van der Waals surface area (Å²) in [5.41, 5.74) is 2.56. The van der Waals surface area contributed by atoms with Gasteiger partial charge in [0.1, 0.15) is 5.82 Å². The zero-order valence-electron chi connectivity index (χ0n) is 16.8. The smallest absolute Gasteiger partial charge is 0.262 e. The highest BCUT2D eigenvalue weighted by molar-refractivity contribution is 6.30. The van der Waals surface area contributed by atoms with Crippen LogP contribution in [0, 0.1) is 5.82 Å². The van der Waals surface area contributed by atoms with Crippen molar-refractivity contribution < 1.29 is 13.9 Å². The first-order chi connectivity index (χ1) is 15.1. The normalized spacial score (nSPS) is 15.7. The van der Waals surface area contributed by atoms with Crippen LogP contribution in [0.1, 0.15) is 15.9 Å². The van der Waals surface area contributed by atoms with E-state index in [2.05, 4.69) is 10.2 Å². The number of carbonyl (C=O) groups is 1. The number of nitrogens with zero attached hydrogens (tertiary/aromatic N) is 2. The number of fused-ring (bicyclic) bond motifs is 2. The van der Waals surface area contributed by atoms with Crippen LogP contribution in [0.5, 0.6) is 11.5 Å². The van der Waals surface area contributed by atoms with Gasteiger partial charge in [0.05, 0.1) is 23.5 Å². The molecule has 0 radical (unpaired) electrons. The van der Waals surface area contributed by atoms with Crippen LogP contribution in [0.3, 0.4) is 0 Å². The third-order valence-corrected chi connectivity index (χ3v) is 5.82. The number of nitrogens with one attached hydrogen (secondary N) is 1. The van der Waals surface area contributed by atoms with Gasteiger partial charge in [0, 0.05) is 37.3 Å². The standard InChI is InChI=1S/C24H21ClFN3O2/c25-17-4-1-3-16(13-17)15-29-21-14-18(26)7-8-22(21)31-23-19(24(29)30)5-2-6-20(23)28-11-9-27-10-12-28/h1-8,13-14,27H,9-12,15H2. The molecule has 0 saturated carbocycles. The fourth-order valence-corrected chi connectivity index (χ4v) is 4.30. The minimum Gasteiger partial charge on any atom is -0.452 e. The van der Waals surface area contributed by atoms with Gasteiger partial charge < -0.3 is 19.9 Å². The minimum atomic E-state index is -0.431. The molecule has 0 spiro atoms. The van der Waals surface area contributed by atoms with Gasteiger partial charge in [-0.15, -0.1) is 0 Å². The van der Waals surface area contributed by atoms with E-state index in [9.17, 15) is 9.18 Å². The van der Waals surface area contributed by atoms with Crippen molar-refractivity contribution in [1.29, 1.82) is 0 Å². The SMILES string of the molecule is O=C1c2cccc(N3CCNCC3)c2Oc2ccc(F)cc2N1Cc1cccc(Cl)c1. The Hall–Kier alpha value is -3.09. The number of hydrogen-bond donors (Lipinski definition) is 1. The van der Waals surface area contributed by atoms with Crippen molar-refractivity contribution in [3.63, 3.8) is 0 Å². The molecule has 0 atom stereocenters. The highest BCUT2D eigenvalue weighted by Crippen LogP contribution is 2.44. The molecule has 5 nitrogen and oxygen atoms in total. The van der Waals surface area contributed by atoms with E-state index in [0.717, 1.165) is 37.4 Å². The molecule has 3 aromatic rings. The molecule has 1 saturated heterocycles. The third kappa shape index (κ3) is 3.84. The van der Waals surface area contributed by atoms with Gasteiger partial charge in [0.25, 0.3) is 5.91 Å². The van der Waals surface area contributed by atoms with Gasteiger partial charge in [0.2, 0.25) is 0 Å². The number of amides is 1. The summed E-state index contributed by atoms with van der Waals surface area (Å²) in [5, 5.41) is 3.92. The summed E-state index contributed by atoms with van der Waals surface area (Å²) in [6, 6.07) is 17.2. The minimum absolute atomic E-state index is 0.240. The van der Waals surface area contributed by atoms with E-state index in [1.807, 2.05) is 24.3 Å². The van der Waals surface area contributed by atoms with Crippen LogP contribution in [0.4, 0.5) is 15.8 Å². The number of piperazine rings is 1. The first-order valence-electron chi connectivity index (χ1n) is 10.2. The maximum atomic E-state index is 14.2. The van der Waals surface area contributed by atoms with Crippen molar-refractivity contribution in [3.05, 3.63) is 82.6 Å². The molecular weight excluding hydrogens is 417 g/mol. The first-order valence-corrected chi connectivity index (χ1v) is 10.6.